The molecule has 2 unspecified atom stereocenters. The van der Waals surface area contributed by atoms with Gasteiger partial charge in [-0.2, -0.15) is 0 Å². The number of fused-ring (bicyclic) bond motifs is 1. The van der Waals surface area contributed by atoms with Crippen LogP contribution in [0.3, 0.4) is 0 Å². The topological polar surface area (TPSA) is 112 Å². The Morgan fingerprint density at radius 3 is 2.38 bits per heavy atom. The van der Waals surface area contributed by atoms with Crippen LogP contribution in [-0.2, 0) is 32.8 Å². The van der Waals surface area contributed by atoms with E-state index in [9.17, 15) is 19.2 Å². The Balaban J connectivity index is 1.29. The quantitative estimate of drug-likeness (QED) is 0.454. The molecule has 1 aromatic heterocycles. The summed E-state index contributed by atoms with van der Waals surface area (Å²) in [5.74, 6) is -0.572. The third-order valence-corrected chi connectivity index (χ3v) is 7.48. The molecule has 200 valence electrons. The molecule has 3 aromatic rings. The lowest BCUT2D eigenvalue weighted by atomic mass is 9.90. The van der Waals surface area contributed by atoms with Crippen LogP contribution >= 0.6 is 0 Å². The Labute approximate surface area is 227 Å². The van der Waals surface area contributed by atoms with Crippen LogP contribution in [0.1, 0.15) is 37.5 Å². The number of aromatic nitrogens is 1. The number of anilines is 2. The minimum absolute atomic E-state index is 0.0948. The van der Waals surface area contributed by atoms with Crippen molar-refractivity contribution in [3.63, 3.8) is 0 Å². The Bertz CT molecular complexity index is 1430. The zero-order valence-electron chi connectivity index (χ0n) is 22.2. The van der Waals surface area contributed by atoms with Crippen LogP contribution in [0.25, 0.3) is 0 Å². The van der Waals surface area contributed by atoms with E-state index in [1.807, 2.05) is 36.4 Å². The normalized spacial score (nSPS) is 20.4. The van der Waals surface area contributed by atoms with Crippen molar-refractivity contribution >= 4 is 35.3 Å². The molecule has 1 aliphatic carbocycles. The number of pyridine rings is 1. The molecule has 0 spiro atoms. The maximum atomic E-state index is 13.5. The fourth-order valence-electron chi connectivity index (χ4n) is 5.37. The van der Waals surface area contributed by atoms with Gasteiger partial charge in [0.1, 0.15) is 17.9 Å². The van der Waals surface area contributed by atoms with E-state index in [1.165, 1.54) is 9.80 Å². The van der Waals surface area contributed by atoms with Gasteiger partial charge in [0.15, 0.2) is 0 Å². The van der Waals surface area contributed by atoms with Crippen LogP contribution < -0.4 is 10.6 Å². The van der Waals surface area contributed by atoms with Crippen molar-refractivity contribution in [3.8, 4) is 0 Å². The molecule has 2 atom stereocenters. The number of carbonyl (C=O) groups is 4. The Morgan fingerprint density at radius 2 is 1.69 bits per heavy atom. The minimum atomic E-state index is -1.30. The zero-order valence-corrected chi connectivity index (χ0v) is 22.2. The van der Waals surface area contributed by atoms with Crippen LogP contribution in [0, 0.1) is 5.92 Å². The molecule has 9 nitrogen and oxygen atoms in total. The van der Waals surface area contributed by atoms with Gasteiger partial charge < -0.3 is 10.6 Å². The second-order valence-corrected chi connectivity index (χ2v) is 10.4. The van der Waals surface area contributed by atoms with E-state index in [4.69, 9.17) is 0 Å². The summed E-state index contributed by atoms with van der Waals surface area (Å²) in [7, 11) is 0. The minimum Gasteiger partial charge on any atom is -0.325 e. The number of rotatable bonds is 7. The van der Waals surface area contributed by atoms with Crippen LogP contribution in [0.4, 0.5) is 16.3 Å². The predicted octanol–water partition coefficient (Wildman–Crippen LogP) is 3.96. The summed E-state index contributed by atoms with van der Waals surface area (Å²) in [6.45, 7) is 4.95. The number of nitrogens with zero attached hydrogens (tertiary/aromatic N) is 3. The molecule has 39 heavy (non-hydrogen) atoms. The summed E-state index contributed by atoms with van der Waals surface area (Å²) in [5, 5.41) is 5.74. The number of hydrogen-bond acceptors (Lipinski definition) is 5. The lowest BCUT2D eigenvalue weighted by Gasteiger charge is -2.31. The maximum Gasteiger partial charge on any atom is 0.328 e. The van der Waals surface area contributed by atoms with Gasteiger partial charge in [-0.1, -0.05) is 42.5 Å². The molecule has 1 fully saturated rings. The van der Waals surface area contributed by atoms with Gasteiger partial charge in [-0.3, -0.25) is 24.2 Å². The first-order valence-corrected chi connectivity index (χ1v) is 13.0. The molecule has 1 aliphatic heterocycles. The van der Waals surface area contributed by atoms with E-state index in [2.05, 4.69) is 15.6 Å². The monoisotopic (exact) mass is 525 g/mol. The van der Waals surface area contributed by atoms with Gasteiger partial charge in [-0.15, -0.1) is 0 Å². The highest BCUT2D eigenvalue weighted by Gasteiger charge is 2.56. The fourth-order valence-corrected chi connectivity index (χ4v) is 5.37. The Kier molecular flexibility index (Phi) is 6.91. The molecule has 0 bridgehead atoms. The zero-order chi connectivity index (χ0) is 27.7. The predicted molar refractivity (Wildman–Crippen MR) is 147 cm³/mol. The molecule has 9 heteroatoms. The Morgan fingerprint density at radius 1 is 0.974 bits per heavy atom. The van der Waals surface area contributed by atoms with Crippen molar-refractivity contribution in [2.75, 3.05) is 17.2 Å². The van der Waals surface area contributed by atoms with E-state index in [-0.39, 0.29) is 30.3 Å². The summed E-state index contributed by atoms with van der Waals surface area (Å²) < 4.78 is 0. The molecule has 5 amide bonds. The smallest absolute Gasteiger partial charge is 0.325 e. The summed E-state index contributed by atoms with van der Waals surface area (Å²) in [6.07, 6.45) is 2.78. The average molecular weight is 526 g/mol. The van der Waals surface area contributed by atoms with Crippen LogP contribution in [0.5, 0.6) is 0 Å². The van der Waals surface area contributed by atoms with Crippen molar-refractivity contribution in [1.82, 2.24) is 14.8 Å². The largest absolute Gasteiger partial charge is 0.328 e. The van der Waals surface area contributed by atoms with Gasteiger partial charge in [0.25, 0.3) is 5.91 Å². The molecule has 5 rings (SSSR count). The molecule has 2 heterocycles. The van der Waals surface area contributed by atoms with E-state index >= 15 is 0 Å². The van der Waals surface area contributed by atoms with E-state index in [1.54, 1.807) is 57.3 Å². The number of carbonyl (C=O) groups excluding carboxylic acids is 4. The molecular formula is C30H31N5O4. The summed E-state index contributed by atoms with van der Waals surface area (Å²) in [6, 6.07) is 19.1. The SMILES string of the molecule is CC(C)N1C(=O)N(CC(=O)Nc2ccc3c(c2)CC(C(=O)Nc2ccccn2)C3)C(C)(c2ccccc2)C1=O. The second kappa shape index (κ2) is 10.3. The highest BCUT2D eigenvalue weighted by molar-refractivity contribution is 6.09. The highest BCUT2D eigenvalue weighted by atomic mass is 16.2. The molecule has 0 saturated carbocycles. The van der Waals surface area contributed by atoms with Gasteiger partial charge in [0.05, 0.1) is 0 Å². The van der Waals surface area contributed by atoms with Gasteiger partial charge in [0, 0.05) is 23.8 Å². The number of imide groups is 1. The van der Waals surface area contributed by atoms with Crippen molar-refractivity contribution in [1.29, 1.82) is 0 Å². The van der Waals surface area contributed by atoms with Crippen LogP contribution in [0.15, 0.2) is 72.9 Å². The molecule has 2 N–H and O–H groups in total. The summed E-state index contributed by atoms with van der Waals surface area (Å²) in [5.41, 5.74) is 1.96. The number of nitrogens with one attached hydrogen (secondary N) is 2. The van der Waals surface area contributed by atoms with Crippen molar-refractivity contribution in [2.24, 2.45) is 5.92 Å². The standard InChI is InChI=1S/C30H31N5O4/c1-19(2)35-28(38)30(3,23-9-5-4-6-10-23)34(29(35)39)18-26(36)32-24-13-12-20-15-22(16-21(20)17-24)27(37)33-25-11-7-8-14-31-25/h4-14,17,19,22H,15-16,18H2,1-3H3,(H,32,36)(H,31,33,37). The Hall–Kier alpha value is -4.53. The maximum absolute atomic E-state index is 13.5. The molecule has 1 saturated heterocycles. The molecular weight excluding hydrogens is 494 g/mol. The highest BCUT2D eigenvalue weighted by Crippen LogP contribution is 2.38. The average Bonchev–Trinajstić information content (AvgIpc) is 3.43. The first kappa shape index (κ1) is 26.1. The van der Waals surface area contributed by atoms with E-state index in [0.29, 0.717) is 29.9 Å². The number of urea groups is 1. The van der Waals surface area contributed by atoms with Crippen LogP contribution in [-0.4, -0.2) is 51.1 Å². The van der Waals surface area contributed by atoms with Crippen molar-refractivity contribution in [2.45, 2.75) is 45.2 Å². The lowest BCUT2D eigenvalue weighted by molar-refractivity contribution is -0.134. The fraction of sp³-hybridized carbons (Fsp3) is 0.300. The first-order valence-electron chi connectivity index (χ1n) is 13.0. The third-order valence-electron chi connectivity index (χ3n) is 7.48. The summed E-state index contributed by atoms with van der Waals surface area (Å²) >= 11 is 0. The van der Waals surface area contributed by atoms with Gasteiger partial charge in [-0.05, 0) is 74.6 Å². The van der Waals surface area contributed by atoms with E-state index < -0.39 is 17.5 Å². The van der Waals surface area contributed by atoms with E-state index in [0.717, 1.165) is 11.1 Å². The summed E-state index contributed by atoms with van der Waals surface area (Å²) in [4.78, 5) is 59.4. The second-order valence-electron chi connectivity index (χ2n) is 10.4. The number of benzene rings is 2. The van der Waals surface area contributed by atoms with Crippen molar-refractivity contribution < 1.29 is 19.2 Å². The van der Waals surface area contributed by atoms with Crippen molar-refractivity contribution in [3.05, 3.63) is 89.6 Å². The van der Waals surface area contributed by atoms with Crippen LogP contribution in [0.2, 0.25) is 0 Å². The van der Waals surface area contributed by atoms with Gasteiger partial charge in [0.2, 0.25) is 11.8 Å². The number of hydrogen-bond donors (Lipinski definition) is 2. The molecule has 0 radical (unpaired) electrons. The third kappa shape index (κ3) is 4.87. The van der Waals surface area contributed by atoms with Gasteiger partial charge in [-0.25, -0.2) is 9.78 Å². The molecule has 2 aliphatic rings. The number of amides is 5. The lowest BCUT2D eigenvalue weighted by Crippen LogP contribution is -2.47. The van der Waals surface area contributed by atoms with Gasteiger partial charge >= 0.3 is 6.03 Å². The molecule has 2 aromatic carbocycles. The first-order chi connectivity index (χ1) is 18.7.